The van der Waals surface area contributed by atoms with Crippen molar-refractivity contribution in [3.05, 3.63) is 52.8 Å². The number of piperazine rings is 1. The molecule has 3 aromatic rings. The zero-order valence-electron chi connectivity index (χ0n) is 14.5. The second kappa shape index (κ2) is 7.28. The van der Waals surface area contributed by atoms with Gasteiger partial charge in [-0.1, -0.05) is 24.3 Å². The summed E-state index contributed by atoms with van der Waals surface area (Å²) in [6.07, 6.45) is 4.98. The van der Waals surface area contributed by atoms with Crippen LogP contribution in [0.5, 0.6) is 0 Å². The zero-order chi connectivity index (χ0) is 17.2. The lowest BCUT2D eigenvalue weighted by Crippen LogP contribution is -2.45. The molecule has 0 unspecified atom stereocenters. The third-order valence-electron chi connectivity index (χ3n) is 5.08. The van der Waals surface area contributed by atoms with Gasteiger partial charge in [-0.25, -0.2) is 4.98 Å². The molecule has 0 radical (unpaired) electrons. The number of aromatic amines is 1. The number of hydrogen-bond donors (Lipinski definition) is 1. The number of H-pyrrole nitrogens is 1. The number of halogens is 1. The molecular formula is C20H23BrN4. The highest BCUT2D eigenvalue weighted by molar-refractivity contribution is 9.10. The first kappa shape index (κ1) is 16.8. The Morgan fingerprint density at radius 3 is 2.60 bits per heavy atom. The maximum Gasteiger partial charge on any atom is 0.138 e. The van der Waals surface area contributed by atoms with Gasteiger partial charge in [-0.05, 0) is 46.6 Å². The quantitative estimate of drug-likeness (QED) is 0.725. The molecule has 0 amide bonds. The second-order valence-electron chi connectivity index (χ2n) is 6.85. The van der Waals surface area contributed by atoms with Crippen molar-refractivity contribution in [2.24, 2.45) is 0 Å². The number of aromatic nitrogens is 2. The number of hydrogen-bond acceptors (Lipinski definition) is 3. The molecule has 1 N–H and O–H groups in total. The molecule has 3 heterocycles. The van der Waals surface area contributed by atoms with Crippen LogP contribution < -0.4 is 0 Å². The molecule has 4 rings (SSSR count). The molecule has 130 valence electrons. The molecular weight excluding hydrogens is 376 g/mol. The maximum atomic E-state index is 4.51. The highest BCUT2D eigenvalue weighted by Gasteiger charge is 2.13. The van der Waals surface area contributed by atoms with Gasteiger partial charge >= 0.3 is 0 Å². The molecule has 1 saturated heterocycles. The summed E-state index contributed by atoms with van der Waals surface area (Å²) >= 11 is 3.57. The first-order chi connectivity index (χ1) is 12.2. The minimum Gasteiger partial charge on any atom is -0.345 e. The molecule has 0 aliphatic carbocycles. The van der Waals surface area contributed by atoms with Crippen LogP contribution >= 0.6 is 15.9 Å². The third kappa shape index (κ3) is 3.78. The summed E-state index contributed by atoms with van der Waals surface area (Å²) in [6.45, 7) is 5.89. The highest BCUT2D eigenvalue weighted by atomic mass is 79.9. The number of rotatable bonds is 4. The van der Waals surface area contributed by atoms with E-state index in [1.165, 1.54) is 37.3 Å². The molecule has 1 fully saturated rings. The van der Waals surface area contributed by atoms with Crippen molar-refractivity contribution in [1.82, 2.24) is 19.8 Å². The van der Waals surface area contributed by atoms with Gasteiger partial charge in [0, 0.05) is 60.5 Å². The Morgan fingerprint density at radius 1 is 1.08 bits per heavy atom. The summed E-state index contributed by atoms with van der Waals surface area (Å²) in [5, 5.41) is 1.12. The lowest BCUT2D eigenvalue weighted by Gasteiger charge is -2.32. The van der Waals surface area contributed by atoms with Gasteiger partial charge in [0.1, 0.15) is 5.65 Å². The molecule has 1 aromatic carbocycles. The lowest BCUT2D eigenvalue weighted by atomic mass is 10.0. The van der Waals surface area contributed by atoms with Crippen molar-refractivity contribution in [2.45, 2.75) is 6.42 Å². The van der Waals surface area contributed by atoms with Crippen LogP contribution in [0.3, 0.4) is 0 Å². The fourth-order valence-corrected chi connectivity index (χ4v) is 3.77. The van der Waals surface area contributed by atoms with E-state index in [0.29, 0.717) is 0 Å². The average molecular weight is 399 g/mol. The summed E-state index contributed by atoms with van der Waals surface area (Å²) in [5.41, 5.74) is 4.68. The van der Waals surface area contributed by atoms with E-state index in [0.717, 1.165) is 34.0 Å². The van der Waals surface area contributed by atoms with Gasteiger partial charge in [0.25, 0.3) is 0 Å². The van der Waals surface area contributed by atoms with E-state index in [1.807, 2.05) is 12.4 Å². The Bertz CT molecular complexity index is 848. The second-order valence-corrected chi connectivity index (χ2v) is 7.70. The molecule has 1 aliphatic heterocycles. The molecule has 0 saturated carbocycles. The highest BCUT2D eigenvalue weighted by Crippen LogP contribution is 2.27. The number of nitrogens with zero attached hydrogens (tertiary/aromatic N) is 3. The van der Waals surface area contributed by atoms with Gasteiger partial charge in [0.05, 0.1) is 0 Å². The van der Waals surface area contributed by atoms with E-state index in [2.05, 4.69) is 73.1 Å². The Hall–Kier alpha value is -1.69. The van der Waals surface area contributed by atoms with Crippen molar-refractivity contribution in [1.29, 1.82) is 0 Å². The molecule has 0 atom stereocenters. The summed E-state index contributed by atoms with van der Waals surface area (Å²) in [5.74, 6) is 0. The van der Waals surface area contributed by atoms with Crippen LogP contribution in [0.1, 0.15) is 5.56 Å². The molecule has 5 heteroatoms. The monoisotopic (exact) mass is 398 g/mol. The van der Waals surface area contributed by atoms with Crippen molar-refractivity contribution in [3.8, 4) is 11.1 Å². The van der Waals surface area contributed by atoms with E-state index in [-0.39, 0.29) is 0 Å². The predicted octanol–water partition coefficient (Wildman–Crippen LogP) is 3.78. The Balaban J connectivity index is 1.43. The van der Waals surface area contributed by atoms with E-state index >= 15 is 0 Å². The minimum absolute atomic E-state index is 0.916. The van der Waals surface area contributed by atoms with Crippen molar-refractivity contribution < 1.29 is 0 Å². The van der Waals surface area contributed by atoms with Crippen molar-refractivity contribution in [2.75, 3.05) is 39.8 Å². The fourth-order valence-electron chi connectivity index (χ4n) is 3.35. The molecule has 2 aromatic heterocycles. The number of pyridine rings is 1. The predicted molar refractivity (Wildman–Crippen MR) is 107 cm³/mol. The van der Waals surface area contributed by atoms with Gasteiger partial charge in [-0.2, -0.15) is 0 Å². The SMILES string of the molecule is CN1CCN(CCc2ccc(-c3cnc4[nH]cc(Br)c4c3)cc2)CC1. The van der Waals surface area contributed by atoms with Crippen LogP contribution in [0, 0.1) is 0 Å². The number of nitrogens with one attached hydrogen (secondary N) is 1. The van der Waals surface area contributed by atoms with Crippen LogP contribution in [0.2, 0.25) is 0 Å². The van der Waals surface area contributed by atoms with E-state index in [1.54, 1.807) is 0 Å². The summed E-state index contributed by atoms with van der Waals surface area (Å²) in [6, 6.07) is 11.1. The van der Waals surface area contributed by atoms with Crippen molar-refractivity contribution in [3.63, 3.8) is 0 Å². The summed E-state index contributed by atoms with van der Waals surface area (Å²) in [4.78, 5) is 12.6. The molecule has 0 spiro atoms. The van der Waals surface area contributed by atoms with E-state index in [9.17, 15) is 0 Å². The largest absolute Gasteiger partial charge is 0.345 e. The summed E-state index contributed by atoms with van der Waals surface area (Å²) in [7, 11) is 2.20. The standard InChI is InChI=1S/C20H23BrN4/c1-24-8-10-25(11-9-24)7-6-15-2-4-16(5-3-15)17-12-18-19(21)14-23-20(18)22-13-17/h2-5,12-14H,6-11H2,1H3,(H,22,23). The molecule has 0 bridgehead atoms. The van der Waals surface area contributed by atoms with Gasteiger partial charge < -0.3 is 14.8 Å². The van der Waals surface area contributed by atoms with Crippen LogP contribution in [-0.2, 0) is 6.42 Å². The van der Waals surface area contributed by atoms with E-state index in [4.69, 9.17) is 0 Å². The average Bonchev–Trinajstić information content (AvgIpc) is 3.02. The Kier molecular flexibility index (Phi) is 4.88. The topological polar surface area (TPSA) is 35.2 Å². The first-order valence-corrected chi connectivity index (χ1v) is 9.61. The third-order valence-corrected chi connectivity index (χ3v) is 5.74. The number of likely N-dealkylation sites (N-methyl/N-ethyl adjacent to an activating group) is 1. The zero-order valence-corrected chi connectivity index (χ0v) is 16.1. The van der Waals surface area contributed by atoms with Gasteiger partial charge in [0.2, 0.25) is 0 Å². The normalized spacial score (nSPS) is 16.6. The van der Waals surface area contributed by atoms with Crippen LogP contribution in [0.4, 0.5) is 0 Å². The summed E-state index contributed by atoms with van der Waals surface area (Å²) < 4.78 is 1.06. The van der Waals surface area contributed by atoms with Crippen LogP contribution in [0.25, 0.3) is 22.2 Å². The smallest absolute Gasteiger partial charge is 0.138 e. The van der Waals surface area contributed by atoms with Gasteiger partial charge in [-0.15, -0.1) is 0 Å². The number of fused-ring (bicyclic) bond motifs is 1. The Morgan fingerprint density at radius 2 is 1.84 bits per heavy atom. The fraction of sp³-hybridized carbons (Fsp3) is 0.350. The molecule has 1 aliphatic rings. The minimum atomic E-state index is 0.916. The lowest BCUT2D eigenvalue weighted by molar-refractivity contribution is 0.155. The number of benzene rings is 1. The van der Waals surface area contributed by atoms with Crippen LogP contribution in [-0.4, -0.2) is 59.5 Å². The maximum absolute atomic E-state index is 4.51. The molecule has 4 nitrogen and oxygen atoms in total. The Labute approximate surface area is 157 Å². The van der Waals surface area contributed by atoms with Crippen molar-refractivity contribution >= 4 is 27.0 Å². The van der Waals surface area contributed by atoms with E-state index < -0.39 is 0 Å². The molecule has 25 heavy (non-hydrogen) atoms. The van der Waals surface area contributed by atoms with Crippen LogP contribution in [0.15, 0.2) is 47.2 Å². The first-order valence-electron chi connectivity index (χ1n) is 8.82. The van der Waals surface area contributed by atoms with Gasteiger partial charge in [-0.3, -0.25) is 0 Å². The van der Waals surface area contributed by atoms with Gasteiger partial charge in [0.15, 0.2) is 0 Å².